The maximum atomic E-state index is 14.4. The number of rotatable bonds is 12. The SMILES string of the molecule is COc1ccc(N(C)C)cc1C(=O)NCCNc1cccc(NS(=O)(=O)c2cc(-c3ccccc3F)ccc2OC)c1. The first-order valence-electron chi connectivity index (χ1n) is 13.1. The lowest BCUT2D eigenvalue weighted by Gasteiger charge is -2.16. The van der Waals surface area contributed by atoms with E-state index < -0.39 is 15.8 Å². The number of halogens is 1. The number of benzene rings is 4. The van der Waals surface area contributed by atoms with Crippen LogP contribution in [0.2, 0.25) is 0 Å². The molecule has 0 unspecified atom stereocenters. The molecular formula is C31H33FN4O5S. The summed E-state index contributed by atoms with van der Waals surface area (Å²) in [5.74, 6) is -0.136. The van der Waals surface area contributed by atoms with Crippen LogP contribution < -0.4 is 29.7 Å². The molecule has 0 heterocycles. The van der Waals surface area contributed by atoms with Gasteiger partial charge in [0.2, 0.25) is 0 Å². The molecule has 0 atom stereocenters. The Bertz CT molecular complexity index is 1680. The maximum Gasteiger partial charge on any atom is 0.265 e. The molecule has 0 aliphatic carbocycles. The van der Waals surface area contributed by atoms with Gasteiger partial charge in [-0.15, -0.1) is 0 Å². The largest absolute Gasteiger partial charge is 0.496 e. The lowest BCUT2D eigenvalue weighted by molar-refractivity contribution is 0.0952. The van der Waals surface area contributed by atoms with Gasteiger partial charge in [0.05, 0.1) is 25.5 Å². The van der Waals surface area contributed by atoms with Gasteiger partial charge in [-0.3, -0.25) is 9.52 Å². The van der Waals surface area contributed by atoms with Gasteiger partial charge in [-0.05, 0) is 60.2 Å². The van der Waals surface area contributed by atoms with Crippen LogP contribution in [-0.4, -0.2) is 55.7 Å². The van der Waals surface area contributed by atoms with E-state index in [2.05, 4.69) is 15.4 Å². The Morgan fingerprint density at radius 2 is 1.55 bits per heavy atom. The molecule has 4 aromatic rings. The molecule has 0 radical (unpaired) electrons. The quantitative estimate of drug-likeness (QED) is 0.194. The summed E-state index contributed by atoms with van der Waals surface area (Å²) in [5.41, 5.74) is 2.93. The van der Waals surface area contributed by atoms with Crippen molar-refractivity contribution < 1.29 is 27.1 Å². The molecule has 0 aliphatic heterocycles. The standard InChI is InChI=1S/C31H33FN4O5S/c1-36(2)24-13-15-28(40-3)26(20-24)31(37)34-17-16-33-22-8-7-9-23(19-22)35-42(38,39)30-18-21(12-14-29(30)41-4)25-10-5-6-11-27(25)32/h5-15,18-20,33,35H,16-17H2,1-4H3,(H,34,37). The molecular weight excluding hydrogens is 559 g/mol. The Labute approximate surface area is 245 Å². The molecule has 0 aromatic heterocycles. The van der Waals surface area contributed by atoms with Gasteiger partial charge in [-0.1, -0.05) is 30.3 Å². The van der Waals surface area contributed by atoms with E-state index in [1.54, 1.807) is 60.7 Å². The molecule has 11 heteroatoms. The fraction of sp³-hybridized carbons (Fsp3) is 0.194. The van der Waals surface area contributed by atoms with Gasteiger partial charge in [0.25, 0.3) is 15.9 Å². The summed E-state index contributed by atoms with van der Waals surface area (Å²) in [6.45, 7) is 0.695. The third-order valence-electron chi connectivity index (χ3n) is 6.44. The number of sulfonamides is 1. The second-order valence-electron chi connectivity index (χ2n) is 9.49. The zero-order valence-corrected chi connectivity index (χ0v) is 24.6. The molecule has 3 N–H and O–H groups in total. The van der Waals surface area contributed by atoms with E-state index in [0.29, 0.717) is 41.3 Å². The number of anilines is 3. The fourth-order valence-corrected chi connectivity index (χ4v) is 5.53. The summed E-state index contributed by atoms with van der Waals surface area (Å²) in [4.78, 5) is 14.6. The molecule has 4 aromatic carbocycles. The van der Waals surface area contributed by atoms with E-state index in [0.717, 1.165) is 5.69 Å². The van der Waals surface area contributed by atoms with Crippen LogP contribution in [0.25, 0.3) is 11.1 Å². The molecule has 0 aliphatic rings. The molecule has 0 saturated heterocycles. The number of methoxy groups -OCH3 is 2. The van der Waals surface area contributed by atoms with Gasteiger partial charge in [-0.2, -0.15) is 0 Å². The Morgan fingerprint density at radius 1 is 0.833 bits per heavy atom. The van der Waals surface area contributed by atoms with Crippen LogP contribution >= 0.6 is 0 Å². The molecule has 4 rings (SSSR count). The summed E-state index contributed by atoms with van der Waals surface area (Å²) in [6.07, 6.45) is 0. The zero-order chi connectivity index (χ0) is 30.3. The van der Waals surface area contributed by atoms with Crippen molar-refractivity contribution >= 4 is 33.0 Å². The van der Waals surface area contributed by atoms with Crippen molar-refractivity contribution in [2.45, 2.75) is 4.90 Å². The minimum Gasteiger partial charge on any atom is -0.496 e. The van der Waals surface area contributed by atoms with Crippen molar-refractivity contribution in [3.8, 4) is 22.6 Å². The molecule has 220 valence electrons. The minimum absolute atomic E-state index is 0.124. The van der Waals surface area contributed by atoms with Crippen molar-refractivity contribution in [3.05, 3.63) is 96.3 Å². The number of nitrogens with one attached hydrogen (secondary N) is 3. The Kier molecular flexibility index (Phi) is 9.53. The molecule has 42 heavy (non-hydrogen) atoms. The van der Waals surface area contributed by atoms with Crippen molar-refractivity contribution in [2.24, 2.45) is 0 Å². The van der Waals surface area contributed by atoms with Crippen molar-refractivity contribution in [3.63, 3.8) is 0 Å². The summed E-state index contributed by atoms with van der Waals surface area (Å²) in [5, 5.41) is 6.05. The lowest BCUT2D eigenvalue weighted by Crippen LogP contribution is -2.29. The van der Waals surface area contributed by atoms with Gasteiger partial charge >= 0.3 is 0 Å². The number of nitrogens with zero attached hydrogens (tertiary/aromatic N) is 1. The second-order valence-corrected chi connectivity index (χ2v) is 11.1. The molecule has 1 amide bonds. The molecule has 0 bridgehead atoms. The average Bonchev–Trinajstić information content (AvgIpc) is 2.98. The molecule has 0 saturated carbocycles. The average molecular weight is 593 g/mol. The third-order valence-corrected chi connectivity index (χ3v) is 7.84. The summed E-state index contributed by atoms with van der Waals surface area (Å²) >= 11 is 0. The number of carbonyl (C=O) groups excluding carboxylic acids is 1. The smallest absolute Gasteiger partial charge is 0.265 e. The second kappa shape index (κ2) is 13.3. The number of ether oxygens (including phenoxy) is 2. The predicted octanol–water partition coefficient (Wildman–Crippen LogP) is 5.22. The third kappa shape index (κ3) is 7.10. The van der Waals surface area contributed by atoms with Gasteiger partial charge in [0.15, 0.2) is 0 Å². The van der Waals surface area contributed by atoms with Crippen molar-refractivity contribution in [1.82, 2.24) is 5.32 Å². The summed E-state index contributed by atoms with van der Waals surface area (Å²) < 4.78 is 54.3. The number of hydrogen-bond donors (Lipinski definition) is 3. The van der Waals surface area contributed by atoms with E-state index in [1.165, 1.54) is 32.4 Å². The van der Waals surface area contributed by atoms with E-state index in [-0.39, 0.29) is 22.1 Å². The van der Waals surface area contributed by atoms with Crippen LogP contribution in [0.1, 0.15) is 10.4 Å². The number of amides is 1. The molecule has 0 spiro atoms. The maximum absolute atomic E-state index is 14.4. The van der Waals surface area contributed by atoms with Gasteiger partial charge in [0.1, 0.15) is 22.2 Å². The Balaban J connectivity index is 1.42. The van der Waals surface area contributed by atoms with Crippen LogP contribution in [0.4, 0.5) is 21.5 Å². The van der Waals surface area contributed by atoms with Crippen LogP contribution in [0.15, 0.2) is 89.8 Å². The first-order chi connectivity index (χ1) is 20.1. The van der Waals surface area contributed by atoms with Crippen molar-refractivity contribution in [2.75, 3.05) is 56.3 Å². The fourth-order valence-electron chi connectivity index (χ4n) is 4.28. The zero-order valence-electron chi connectivity index (χ0n) is 23.8. The monoisotopic (exact) mass is 592 g/mol. The van der Waals surface area contributed by atoms with Crippen molar-refractivity contribution in [1.29, 1.82) is 0 Å². The summed E-state index contributed by atoms with van der Waals surface area (Å²) in [6, 6.07) is 22.7. The van der Waals surface area contributed by atoms with E-state index in [4.69, 9.17) is 9.47 Å². The number of hydrogen-bond acceptors (Lipinski definition) is 7. The van der Waals surface area contributed by atoms with E-state index >= 15 is 0 Å². The molecule has 9 nitrogen and oxygen atoms in total. The van der Waals surface area contributed by atoms with Crippen LogP contribution in [0, 0.1) is 5.82 Å². The van der Waals surface area contributed by atoms with Crippen LogP contribution in [-0.2, 0) is 10.0 Å². The first kappa shape index (κ1) is 30.2. The van der Waals surface area contributed by atoms with Crippen LogP contribution in [0.5, 0.6) is 11.5 Å². The highest BCUT2D eigenvalue weighted by molar-refractivity contribution is 7.92. The Morgan fingerprint density at radius 3 is 2.26 bits per heavy atom. The van der Waals surface area contributed by atoms with Gasteiger partial charge in [-0.25, -0.2) is 12.8 Å². The highest BCUT2D eigenvalue weighted by Crippen LogP contribution is 2.32. The highest BCUT2D eigenvalue weighted by Gasteiger charge is 2.22. The highest BCUT2D eigenvalue weighted by atomic mass is 32.2. The molecule has 0 fully saturated rings. The predicted molar refractivity (Wildman–Crippen MR) is 164 cm³/mol. The summed E-state index contributed by atoms with van der Waals surface area (Å²) in [7, 11) is 2.57. The lowest BCUT2D eigenvalue weighted by atomic mass is 10.1. The minimum atomic E-state index is -4.10. The van der Waals surface area contributed by atoms with E-state index in [9.17, 15) is 17.6 Å². The van der Waals surface area contributed by atoms with Crippen LogP contribution in [0.3, 0.4) is 0 Å². The van der Waals surface area contributed by atoms with E-state index in [1.807, 2.05) is 25.1 Å². The van der Waals surface area contributed by atoms with Gasteiger partial charge < -0.3 is 25.0 Å². The normalized spacial score (nSPS) is 11.0. The topological polar surface area (TPSA) is 109 Å². The number of carbonyl (C=O) groups is 1. The first-order valence-corrected chi connectivity index (χ1v) is 14.5. The Hall–Kier alpha value is -4.77. The van der Waals surface area contributed by atoms with Gasteiger partial charge in [0, 0.05) is 44.1 Å².